The molecule has 22 heavy (non-hydrogen) atoms. The summed E-state index contributed by atoms with van der Waals surface area (Å²) in [5.41, 5.74) is 0. The van der Waals surface area contributed by atoms with Gasteiger partial charge in [-0.15, -0.1) is 0 Å². The van der Waals surface area contributed by atoms with Crippen LogP contribution in [0.1, 0.15) is 19.3 Å². The van der Waals surface area contributed by atoms with Crippen molar-refractivity contribution in [1.82, 2.24) is 9.21 Å². The highest BCUT2D eigenvalue weighted by atomic mass is 32.2. The lowest BCUT2D eigenvalue weighted by Crippen LogP contribution is -2.50. The third-order valence-electron chi connectivity index (χ3n) is 4.35. The minimum Gasteiger partial charge on any atom is -0.342 e. The molecule has 0 radical (unpaired) electrons. The molecule has 7 heteroatoms. The van der Waals surface area contributed by atoms with E-state index >= 15 is 0 Å². The molecule has 2 saturated heterocycles. The molecular formula is C15H19FN2O3S. The van der Waals surface area contributed by atoms with Crippen LogP contribution in [0.4, 0.5) is 4.39 Å². The fourth-order valence-corrected chi connectivity index (χ4v) is 4.44. The molecule has 2 aliphatic rings. The van der Waals surface area contributed by atoms with Crippen molar-refractivity contribution >= 4 is 15.9 Å². The van der Waals surface area contributed by atoms with Gasteiger partial charge < -0.3 is 4.90 Å². The first-order chi connectivity index (χ1) is 10.5. The Balaban J connectivity index is 1.75. The fraction of sp³-hybridized carbons (Fsp3) is 0.533. The van der Waals surface area contributed by atoms with Gasteiger partial charge in [-0.05, 0) is 43.5 Å². The molecule has 0 aromatic heterocycles. The lowest BCUT2D eigenvalue weighted by Gasteiger charge is -2.37. The number of sulfonamides is 1. The number of carbonyl (C=O) groups excluding carboxylic acids is 1. The van der Waals surface area contributed by atoms with E-state index < -0.39 is 15.8 Å². The smallest absolute Gasteiger partial charge is 0.243 e. The van der Waals surface area contributed by atoms with Crippen LogP contribution >= 0.6 is 0 Å². The Morgan fingerprint density at radius 2 is 1.77 bits per heavy atom. The number of piperidine rings is 1. The molecule has 2 aliphatic heterocycles. The Labute approximate surface area is 129 Å². The first kappa shape index (κ1) is 15.4. The summed E-state index contributed by atoms with van der Waals surface area (Å²) in [6, 6.07) is 4.82. The first-order valence-electron chi connectivity index (χ1n) is 7.53. The standard InChI is InChI=1S/C15H19FN2O3S/c16-13-4-6-14(7-5-13)22(20,21)18-10-1-3-12(11-18)15(19)17-8-2-9-17/h4-7,12H,1-3,8-11H2. The van der Waals surface area contributed by atoms with Gasteiger partial charge in [-0.25, -0.2) is 12.8 Å². The van der Waals surface area contributed by atoms with E-state index in [1.54, 1.807) is 4.90 Å². The zero-order valence-electron chi connectivity index (χ0n) is 12.2. The van der Waals surface area contributed by atoms with E-state index in [0.717, 1.165) is 38.1 Å². The summed E-state index contributed by atoms with van der Waals surface area (Å²) >= 11 is 0. The lowest BCUT2D eigenvalue weighted by molar-refractivity contribution is -0.140. The number of nitrogens with zero attached hydrogens (tertiary/aromatic N) is 2. The van der Waals surface area contributed by atoms with E-state index in [-0.39, 0.29) is 23.3 Å². The Hall–Kier alpha value is -1.47. The third-order valence-corrected chi connectivity index (χ3v) is 6.23. The minimum absolute atomic E-state index is 0.0604. The van der Waals surface area contributed by atoms with Crippen LogP contribution in [0.2, 0.25) is 0 Å². The zero-order chi connectivity index (χ0) is 15.7. The van der Waals surface area contributed by atoms with E-state index in [9.17, 15) is 17.6 Å². The van der Waals surface area contributed by atoms with E-state index in [0.29, 0.717) is 13.0 Å². The topological polar surface area (TPSA) is 57.7 Å². The van der Waals surface area contributed by atoms with Crippen LogP contribution in [0.5, 0.6) is 0 Å². The van der Waals surface area contributed by atoms with Gasteiger partial charge in [0.1, 0.15) is 5.82 Å². The Morgan fingerprint density at radius 1 is 1.09 bits per heavy atom. The van der Waals surface area contributed by atoms with E-state index in [2.05, 4.69) is 0 Å². The van der Waals surface area contributed by atoms with E-state index in [1.165, 1.54) is 16.4 Å². The van der Waals surface area contributed by atoms with Crippen molar-refractivity contribution in [2.45, 2.75) is 24.2 Å². The van der Waals surface area contributed by atoms with Crippen molar-refractivity contribution < 1.29 is 17.6 Å². The number of amides is 1. The van der Waals surface area contributed by atoms with Crippen molar-refractivity contribution in [2.75, 3.05) is 26.2 Å². The molecule has 0 spiro atoms. The summed E-state index contributed by atoms with van der Waals surface area (Å²) in [5, 5.41) is 0. The first-order valence-corrected chi connectivity index (χ1v) is 8.97. The van der Waals surface area contributed by atoms with Crippen LogP contribution < -0.4 is 0 Å². The number of halogens is 1. The largest absolute Gasteiger partial charge is 0.342 e. The average Bonchev–Trinajstić information content (AvgIpc) is 2.46. The second kappa shape index (κ2) is 5.96. The van der Waals surface area contributed by atoms with Crippen LogP contribution in [0.15, 0.2) is 29.2 Å². The highest BCUT2D eigenvalue weighted by Crippen LogP contribution is 2.26. The quantitative estimate of drug-likeness (QED) is 0.845. The second-order valence-electron chi connectivity index (χ2n) is 5.83. The average molecular weight is 326 g/mol. The molecule has 120 valence electrons. The van der Waals surface area contributed by atoms with E-state index in [4.69, 9.17) is 0 Å². The van der Waals surface area contributed by atoms with Crippen LogP contribution in [0, 0.1) is 11.7 Å². The zero-order valence-corrected chi connectivity index (χ0v) is 13.1. The summed E-state index contributed by atoms with van der Waals surface area (Å²) < 4.78 is 39.5. The van der Waals surface area contributed by atoms with Crippen LogP contribution in [0.25, 0.3) is 0 Å². The molecular weight excluding hydrogens is 307 g/mol. The molecule has 1 unspecified atom stereocenters. The molecule has 2 heterocycles. The molecule has 1 amide bonds. The van der Waals surface area contributed by atoms with Crippen molar-refractivity contribution in [3.63, 3.8) is 0 Å². The van der Waals surface area contributed by atoms with Crippen molar-refractivity contribution in [1.29, 1.82) is 0 Å². The molecule has 1 aromatic carbocycles. The third kappa shape index (κ3) is 2.87. The lowest BCUT2D eigenvalue weighted by atomic mass is 9.97. The van der Waals surface area contributed by atoms with Gasteiger partial charge >= 0.3 is 0 Å². The van der Waals surface area contributed by atoms with E-state index in [1.807, 2.05) is 0 Å². The van der Waals surface area contributed by atoms with Gasteiger partial charge in [-0.2, -0.15) is 4.31 Å². The summed E-state index contributed by atoms with van der Waals surface area (Å²) in [5.74, 6) is -0.669. The Kier molecular flexibility index (Phi) is 4.18. The van der Waals surface area contributed by atoms with Crippen LogP contribution in [-0.2, 0) is 14.8 Å². The van der Waals surface area contributed by atoms with Gasteiger partial charge in [-0.3, -0.25) is 4.79 Å². The van der Waals surface area contributed by atoms with Gasteiger partial charge in [-0.1, -0.05) is 0 Å². The maximum Gasteiger partial charge on any atom is 0.243 e. The van der Waals surface area contributed by atoms with Crippen LogP contribution in [-0.4, -0.2) is 49.7 Å². The predicted octanol–water partition coefficient (Wildman–Crippen LogP) is 1.46. The molecule has 1 aromatic rings. The molecule has 0 N–H and O–H groups in total. The molecule has 0 aliphatic carbocycles. The summed E-state index contributed by atoms with van der Waals surface area (Å²) in [6.45, 7) is 2.18. The highest BCUT2D eigenvalue weighted by Gasteiger charge is 2.36. The number of hydrogen-bond acceptors (Lipinski definition) is 3. The molecule has 5 nitrogen and oxygen atoms in total. The molecule has 0 bridgehead atoms. The number of benzene rings is 1. The van der Waals surface area contributed by atoms with Gasteiger partial charge in [0, 0.05) is 26.2 Å². The Bertz CT molecular complexity index is 656. The van der Waals surface area contributed by atoms with Gasteiger partial charge in [0.05, 0.1) is 10.8 Å². The molecule has 1 atom stereocenters. The highest BCUT2D eigenvalue weighted by molar-refractivity contribution is 7.89. The molecule has 3 rings (SSSR count). The van der Waals surface area contributed by atoms with Crippen molar-refractivity contribution in [2.24, 2.45) is 5.92 Å². The van der Waals surface area contributed by atoms with Gasteiger partial charge in [0.25, 0.3) is 0 Å². The molecule has 2 fully saturated rings. The fourth-order valence-electron chi connectivity index (χ4n) is 2.91. The van der Waals surface area contributed by atoms with Crippen molar-refractivity contribution in [3.05, 3.63) is 30.1 Å². The number of hydrogen-bond donors (Lipinski definition) is 0. The van der Waals surface area contributed by atoms with Gasteiger partial charge in [0.15, 0.2) is 0 Å². The maximum atomic E-state index is 13.0. The molecule has 0 saturated carbocycles. The summed E-state index contributed by atoms with van der Waals surface area (Å²) in [6.07, 6.45) is 2.42. The predicted molar refractivity (Wildman–Crippen MR) is 79.1 cm³/mol. The number of carbonyl (C=O) groups is 1. The normalized spacial score (nSPS) is 23.1. The Morgan fingerprint density at radius 3 is 2.36 bits per heavy atom. The van der Waals surface area contributed by atoms with Gasteiger partial charge in [0.2, 0.25) is 15.9 Å². The summed E-state index contributed by atoms with van der Waals surface area (Å²) in [7, 11) is -3.66. The number of likely N-dealkylation sites (tertiary alicyclic amines) is 1. The maximum absolute atomic E-state index is 13.0. The van der Waals surface area contributed by atoms with Crippen molar-refractivity contribution in [3.8, 4) is 0 Å². The monoisotopic (exact) mass is 326 g/mol. The number of rotatable bonds is 3. The SMILES string of the molecule is O=C(C1CCCN(S(=O)(=O)c2ccc(F)cc2)C1)N1CCC1. The summed E-state index contributed by atoms with van der Waals surface area (Å²) in [4.78, 5) is 14.2. The minimum atomic E-state index is -3.66. The second-order valence-corrected chi connectivity index (χ2v) is 7.77. The van der Waals surface area contributed by atoms with Crippen LogP contribution in [0.3, 0.4) is 0 Å².